The van der Waals surface area contributed by atoms with Crippen LogP contribution in [0.15, 0.2) is 16.6 Å². The molecule has 82 valence electrons. The highest BCUT2D eigenvalue weighted by atomic mass is 79.9. The van der Waals surface area contributed by atoms with Crippen LogP contribution in [-0.4, -0.2) is 11.7 Å². The van der Waals surface area contributed by atoms with E-state index in [1.807, 2.05) is 0 Å². The van der Waals surface area contributed by atoms with Crippen LogP contribution in [0.2, 0.25) is 0 Å². The lowest BCUT2D eigenvalue weighted by molar-refractivity contribution is 0.387. The predicted octanol–water partition coefficient (Wildman–Crippen LogP) is 3.11. The number of piperidine rings is 1. The van der Waals surface area contributed by atoms with Crippen molar-refractivity contribution in [3.05, 3.63) is 28.0 Å². The van der Waals surface area contributed by atoms with Crippen LogP contribution in [0.5, 0.6) is 5.75 Å². The van der Waals surface area contributed by atoms with Gasteiger partial charge in [-0.1, -0.05) is 6.42 Å². The molecule has 1 aliphatic rings. The predicted molar refractivity (Wildman–Crippen MR) is 60.4 cm³/mol. The molecule has 1 saturated heterocycles. The minimum Gasteiger partial charge on any atom is -0.506 e. The van der Waals surface area contributed by atoms with Crippen molar-refractivity contribution in [2.45, 2.75) is 25.3 Å². The highest BCUT2D eigenvalue weighted by Crippen LogP contribution is 2.35. The van der Waals surface area contributed by atoms with Gasteiger partial charge in [-0.15, -0.1) is 0 Å². The fourth-order valence-electron chi connectivity index (χ4n) is 1.97. The standard InChI is InChI=1S/C11H13BrFNO/c12-9-6-7(13)5-8(11(9)15)10-3-1-2-4-14-10/h5-6,10,14-15H,1-4H2. The van der Waals surface area contributed by atoms with Crippen molar-refractivity contribution < 1.29 is 9.50 Å². The van der Waals surface area contributed by atoms with Crippen LogP contribution in [0.3, 0.4) is 0 Å². The maximum Gasteiger partial charge on any atom is 0.134 e. The van der Waals surface area contributed by atoms with Crippen molar-refractivity contribution in [3.8, 4) is 5.75 Å². The summed E-state index contributed by atoms with van der Waals surface area (Å²) < 4.78 is 13.6. The molecule has 1 atom stereocenters. The van der Waals surface area contributed by atoms with Gasteiger partial charge in [0.05, 0.1) is 4.47 Å². The fourth-order valence-corrected chi connectivity index (χ4v) is 2.42. The number of phenolic OH excluding ortho intramolecular Hbond substituents is 1. The Balaban J connectivity index is 2.33. The maximum atomic E-state index is 13.2. The number of hydrogen-bond acceptors (Lipinski definition) is 2. The summed E-state index contributed by atoms with van der Waals surface area (Å²) in [5.41, 5.74) is 0.654. The van der Waals surface area contributed by atoms with Crippen molar-refractivity contribution in [2.24, 2.45) is 0 Å². The molecule has 4 heteroatoms. The lowest BCUT2D eigenvalue weighted by Gasteiger charge is -2.24. The second-order valence-corrected chi connectivity index (χ2v) is 4.68. The van der Waals surface area contributed by atoms with Gasteiger partial charge in [0.1, 0.15) is 11.6 Å². The topological polar surface area (TPSA) is 32.3 Å². The molecule has 2 nitrogen and oxygen atoms in total. The largest absolute Gasteiger partial charge is 0.506 e. The van der Waals surface area contributed by atoms with E-state index in [0.29, 0.717) is 10.0 Å². The Morgan fingerprint density at radius 1 is 1.40 bits per heavy atom. The number of hydrogen-bond donors (Lipinski definition) is 2. The Morgan fingerprint density at radius 3 is 2.87 bits per heavy atom. The normalized spacial score (nSPS) is 21.6. The first-order valence-corrected chi connectivity index (χ1v) is 5.89. The molecule has 0 saturated carbocycles. The first-order valence-electron chi connectivity index (χ1n) is 5.10. The van der Waals surface area contributed by atoms with Gasteiger partial charge in [-0.05, 0) is 47.4 Å². The first-order chi connectivity index (χ1) is 7.18. The highest BCUT2D eigenvalue weighted by molar-refractivity contribution is 9.10. The van der Waals surface area contributed by atoms with Crippen molar-refractivity contribution in [3.63, 3.8) is 0 Å². The molecule has 15 heavy (non-hydrogen) atoms. The van der Waals surface area contributed by atoms with E-state index in [1.54, 1.807) is 0 Å². The molecule has 1 fully saturated rings. The lowest BCUT2D eigenvalue weighted by atomic mass is 9.97. The molecule has 0 aliphatic carbocycles. The maximum absolute atomic E-state index is 13.2. The highest BCUT2D eigenvalue weighted by Gasteiger charge is 2.20. The smallest absolute Gasteiger partial charge is 0.134 e. The Labute approximate surface area is 96.6 Å². The molecule has 0 amide bonds. The van der Waals surface area contributed by atoms with Crippen molar-refractivity contribution in [2.75, 3.05) is 6.54 Å². The van der Waals surface area contributed by atoms with E-state index >= 15 is 0 Å². The molecule has 1 unspecified atom stereocenters. The Bertz CT molecular complexity index is 364. The summed E-state index contributed by atoms with van der Waals surface area (Å²) in [6.45, 7) is 0.929. The fraction of sp³-hybridized carbons (Fsp3) is 0.455. The summed E-state index contributed by atoms with van der Waals surface area (Å²) >= 11 is 3.15. The summed E-state index contributed by atoms with van der Waals surface area (Å²) in [7, 11) is 0. The first kappa shape index (κ1) is 10.9. The van der Waals surface area contributed by atoms with Gasteiger partial charge in [0, 0.05) is 11.6 Å². The molecule has 1 aliphatic heterocycles. The molecule has 2 N–H and O–H groups in total. The van der Waals surface area contributed by atoms with Crippen LogP contribution in [-0.2, 0) is 0 Å². The monoisotopic (exact) mass is 273 g/mol. The summed E-state index contributed by atoms with van der Waals surface area (Å²) in [6.07, 6.45) is 3.21. The van der Waals surface area contributed by atoms with Gasteiger partial charge in [0.2, 0.25) is 0 Å². The zero-order valence-electron chi connectivity index (χ0n) is 8.26. The van der Waals surface area contributed by atoms with Crippen LogP contribution in [0.25, 0.3) is 0 Å². The number of aromatic hydroxyl groups is 1. The third-order valence-electron chi connectivity index (χ3n) is 2.74. The van der Waals surface area contributed by atoms with Crippen LogP contribution in [0.1, 0.15) is 30.9 Å². The van der Waals surface area contributed by atoms with E-state index in [1.165, 1.54) is 12.1 Å². The van der Waals surface area contributed by atoms with E-state index in [0.717, 1.165) is 25.8 Å². The van der Waals surface area contributed by atoms with Crippen LogP contribution in [0, 0.1) is 5.82 Å². The number of halogens is 2. The molecule has 1 heterocycles. The summed E-state index contributed by atoms with van der Waals surface area (Å²) in [6, 6.07) is 2.76. The summed E-state index contributed by atoms with van der Waals surface area (Å²) in [5, 5.41) is 13.1. The second kappa shape index (κ2) is 4.49. The quantitative estimate of drug-likeness (QED) is 0.824. The molecule has 0 radical (unpaired) electrons. The number of nitrogens with one attached hydrogen (secondary N) is 1. The number of rotatable bonds is 1. The number of benzene rings is 1. The van der Waals surface area contributed by atoms with Crippen molar-refractivity contribution >= 4 is 15.9 Å². The van der Waals surface area contributed by atoms with Gasteiger partial charge in [-0.3, -0.25) is 0 Å². The van der Waals surface area contributed by atoms with Crippen molar-refractivity contribution in [1.29, 1.82) is 0 Å². The second-order valence-electron chi connectivity index (χ2n) is 3.83. The van der Waals surface area contributed by atoms with Gasteiger partial charge in [-0.2, -0.15) is 0 Å². The molecular weight excluding hydrogens is 261 g/mol. The summed E-state index contributed by atoms with van der Waals surface area (Å²) in [4.78, 5) is 0. The minimum absolute atomic E-state index is 0.0748. The van der Waals surface area contributed by atoms with Gasteiger partial charge in [0.15, 0.2) is 0 Å². The molecular formula is C11H13BrFNO. The zero-order chi connectivity index (χ0) is 10.8. The molecule has 1 aromatic carbocycles. The zero-order valence-corrected chi connectivity index (χ0v) is 9.85. The molecule has 0 spiro atoms. The third-order valence-corrected chi connectivity index (χ3v) is 3.35. The van der Waals surface area contributed by atoms with Crippen LogP contribution >= 0.6 is 15.9 Å². The van der Waals surface area contributed by atoms with E-state index in [4.69, 9.17) is 0 Å². The van der Waals surface area contributed by atoms with E-state index in [2.05, 4.69) is 21.2 Å². The van der Waals surface area contributed by atoms with E-state index < -0.39 is 0 Å². The lowest BCUT2D eigenvalue weighted by Crippen LogP contribution is -2.26. The molecule has 0 aromatic heterocycles. The summed E-state index contributed by atoms with van der Waals surface area (Å²) in [5.74, 6) is -0.169. The van der Waals surface area contributed by atoms with Gasteiger partial charge in [0.25, 0.3) is 0 Å². The van der Waals surface area contributed by atoms with Gasteiger partial charge < -0.3 is 10.4 Å². The number of phenols is 1. The molecule has 1 aromatic rings. The van der Waals surface area contributed by atoms with Crippen LogP contribution in [0.4, 0.5) is 4.39 Å². The van der Waals surface area contributed by atoms with E-state index in [9.17, 15) is 9.50 Å². The van der Waals surface area contributed by atoms with Gasteiger partial charge >= 0.3 is 0 Å². The Kier molecular flexibility index (Phi) is 3.26. The van der Waals surface area contributed by atoms with Crippen molar-refractivity contribution in [1.82, 2.24) is 5.32 Å². The van der Waals surface area contributed by atoms with E-state index in [-0.39, 0.29) is 17.6 Å². The SMILES string of the molecule is Oc1c(Br)cc(F)cc1C1CCCCN1. The molecule has 0 bridgehead atoms. The minimum atomic E-state index is -0.318. The van der Waals surface area contributed by atoms with Crippen LogP contribution < -0.4 is 5.32 Å². The average molecular weight is 274 g/mol. The average Bonchev–Trinajstić information content (AvgIpc) is 2.24. The Hall–Kier alpha value is -0.610. The van der Waals surface area contributed by atoms with Gasteiger partial charge in [-0.25, -0.2) is 4.39 Å². The molecule has 2 rings (SSSR count). The third kappa shape index (κ3) is 2.32. The Morgan fingerprint density at radius 2 is 2.20 bits per heavy atom.